The van der Waals surface area contributed by atoms with E-state index in [0.717, 1.165) is 18.5 Å². The summed E-state index contributed by atoms with van der Waals surface area (Å²) in [4.78, 5) is 11.7. The van der Waals surface area contributed by atoms with E-state index in [1.807, 2.05) is 0 Å². The number of hydrogen-bond donors (Lipinski definition) is 3. The maximum atomic E-state index is 12.0. The molecule has 1 aromatic rings. The Kier molecular flexibility index (Phi) is 5.19. The fourth-order valence-electron chi connectivity index (χ4n) is 1.87. The molecular weight excluding hydrogens is 290 g/mol. The smallest absolute Gasteiger partial charge is 0.240 e. The predicted octanol–water partition coefficient (Wildman–Crippen LogP) is 1.07. The van der Waals surface area contributed by atoms with Gasteiger partial charge in [0.25, 0.3) is 0 Å². The van der Waals surface area contributed by atoms with Gasteiger partial charge in [-0.05, 0) is 43.5 Å². The number of rotatable bonds is 8. The summed E-state index contributed by atoms with van der Waals surface area (Å²) >= 11 is 0. The topological polar surface area (TPSA) is 87.3 Å². The molecule has 116 valence electrons. The van der Waals surface area contributed by atoms with Crippen molar-refractivity contribution in [2.24, 2.45) is 0 Å². The summed E-state index contributed by atoms with van der Waals surface area (Å²) < 4.78 is 26.6. The zero-order chi connectivity index (χ0) is 15.3. The molecule has 3 N–H and O–H groups in total. The molecule has 0 saturated heterocycles. The largest absolute Gasteiger partial charge is 0.388 e. The molecule has 0 unspecified atom stereocenters. The van der Waals surface area contributed by atoms with E-state index in [0.29, 0.717) is 18.9 Å². The van der Waals surface area contributed by atoms with Crippen LogP contribution in [0.1, 0.15) is 25.7 Å². The second-order valence-electron chi connectivity index (χ2n) is 5.12. The molecule has 0 bridgehead atoms. The Morgan fingerprint density at radius 1 is 1.24 bits per heavy atom. The van der Waals surface area contributed by atoms with E-state index in [2.05, 4.69) is 15.4 Å². The van der Waals surface area contributed by atoms with Crippen molar-refractivity contribution in [3.63, 3.8) is 0 Å². The first kappa shape index (κ1) is 15.8. The molecule has 0 spiro atoms. The zero-order valence-corrected chi connectivity index (χ0v) is 12.9. The molecule has 0 heterocycles. The van der Waals surface area contributed by atoms with E-state index in [4.69, 9.17) is 0 Å². The number of anilines is 1. The Balaban J connectivity index is 1.76. The van der Waals surface area contributed by atoms with Gasteiger partial charge in [-0.2, -0.15) is 0 Å². The molecule has 6 nitrogen and oxygen atoms in total. The first-order valence-corrected chi connectivity index (χ1v) is 8.56. The molecule has 21 heavy (non-hydrogen) atoms. The molecule has 2 rings (SSSR count). The van der Waals surface area contributed by atoms with Gasteiger partial charge in [-0.25, -0.2) is 13.1 Å². The summed E-state index contributed by atoms with van der Waals surface area (Å²) in [6, 6.07) is 6.86. The molecule has 0 aromatic heterocycles. The Hall–Kier alpha value is -1.60. The van der Waals surface area contributed by atoms with Crippen molar-refractivity contribution in [3.05, 3.63) is 24.3 Å². The van der Waals surface area contributed by atoms with Gasteiger partial charge in [-0.15, -0.1) is 0 Å². The van der Waals surface area contributed by atoms with Crippen LogP contribution in [0.3, 0.4) is 0 Å². The van der Waals surface area contributed by atoms with Gasteiger partial charge in [0.2, 0.25) is 15.9 Å². The molecular formula is C14H21N3O3S. The second kappa shape index (κ2) is 6.91. The number of amides is 1. The van der Waals surface area contributed by atoms with Gasteiger partial charge in [0.15, 0.2) is 0 Å². The number of hydrogen-bond acceptors (Lipinski definition) is 4. The van der Waals surface area contributed by atoms with Crippen molar-refractivity contribution in [1.29, 1.82) is 0 Å². The third kappa shape index (κ3) is 5.02. The summed E-state index contributed by atoms with van der Waals surface area (Å²) in [5.74, 6) is -0.00456. The minimum atomic E-state index is -3.50. The van der Waals surface area contributed by atoms with Crippen LogP contribution in [0.4, 0.5) is 5.69 Å². The Morgan fingerprint density at radius 2 is 1.90 bits per heavy atom. The van der Waals surface area contributed by atoms with E-state index in [1.165, 1.54) is 0 Å². The van der Waals surface area contributed by atoms with Crippen molar-refractivity contribution < 1.29 is 13.2 Å². The molecule has 1 saturated carbocycles. The molecule has 0 atom stereocenters. The third-order valence-electron chi connectivity index (χ3n) is 3.27. The minimum Gasteiger partial charge on any atom is -0.388 e. The van der Waals surface area contributed by atoms with E-state index in [9.17, 15) is 13.2 Å². The van der Waals surface area contributed by atoms with Gasteiger partial charge in [0.05, 0.1) is 4.90 Å². The van der Waals surface area contributed by atoms with Crippen LogP contribution in [-0.2, 0) is 14.8 Å². The lowest BCUT2D eigenvalue weighted by Gasteiger charge is -2.08. The monoisotopic (exact) mass is 311 g/mol. The van der Waals surface area contributed by atoms with E-state index < -0.39 is 10.0 Å². The number of carbonyl (C=O) groups is 1. The van der Waals surface area contributed by atoms with Gasteiger partial charge < -0.3 is 10.6 Å². The molecule has 0 radical (unpaired) electrons. The van der Waals surface area contributed by atoms with Gasteiger partial charge in [-0.1, -0.05) is 0 Å². The zero-order valence-electron chi connectivity index (χ0n) is 12.1. The lowest BCUT2D eigenvalue weighted by molar-refractivity contribution is -0.121. The standard InChI is InChI=1S/C14H21N3O3S/c1-15-11-6-8-13(9-7-11)21(19,20)16-10-2-3-14(18)17-12-4-5-12/h6-9,12,15-16H,2-5,10H2,1H3,(H,17,18). The molecule has 1 aliphatic rings. The normalized spacial score (nSPS) is 14.7. The first-order valence-electron chi connectivity index (χ1n) is 7.08. The average Bonchev–Trinajstić information content (AvgIpc) is 3.27. The number of nitrogens with one attached hydrogen (secondary N) is 3. The number of sulfonamides is 1. The van der Waals surface area contributed by atoms with Crippen molar-refractivity contribution >= 4 is 21.6 Å². The molecule has 1 amide bonds. The minimum absolute atomic E-state index is 0.00456. The third-order valence-corrected chi connectivity index (χ3v) is 4.75. The van der Waals surface area contributed by atoms with E-state index >= 15 is 0 Å². The van der Waals surface area contributed by atoms with Crippen LogP contribution < -0.4 is 15.4 Å². The highest BCUT2D eigenvalue weighted by molar-refractivity contribution is 7.89. The highest BCUT2D eigenvalue weighted by atomic mass is 32.2. The SMILES string of the molecule is CNc1ccc(S(=O)(=O)NCCCC(=O)NC2CC2)cc1. The Bertz CT molecular complexity index is 580. The van der Waals surface area contributed by atoms with Crippen LogP contribution in [0.2, 0.25) is 0 Å². The van der Waals surface area contributed by atoms with Crippen LogP contribution in [0, 0.1) is 0 Å². The predicted molar refractivity (Wildman–Crippen MR) is 81.6 cm³/mol. The molecule has 7 heteroatoms. The Morgan fingerprint density at radius 3 is 2.48 bits per heavy atom. The van der Waals surface area contributed by atoms with Crippen molar-refractivity contribution in [2.75, 3.05) is 18.9 Å². The van der Waals surface area contributed by atoms with Gasteiger partial charge in [0.1, 0.15) is 0 Å². The first-order chi connectivity index (χ1) is 10.0. The van der Waals surface area contributed by atoms with Crippen LogP contribution >= 0.6 is 0 Å². The van der Waals surface area contributed by atoms with Gasteiger partial charge in [-0.3, -0.25) is 4.79 Å². The van der Waals surface area contributed by atoms with E-state index in [1.54, 1.807) is 31.3 Å². The lowest BCUT2D eigenvalue weighted by Crippen LogP contribution is -2.28. The number of carbonyl (C=O) groups excluding carboxylic acids is 1. The van der Waals surface area contributed by atoms with Gasteiger partial charge >= 0.3 is 0 Å². The Labute approximate surface area is 125 Å². The highest BCUT2D eigenvalue weighted by Gasteiger charge is 2.22. The van der Waals surface area contributed by atoms with Crippen molar-refractivity contribution in [1.82, 2.24) is 10.0 Å². The highest BCUT2D eigenvalue weighted by Crippen LogP contribution is 2.18. The summed E-state index contributed by atoms with van der Waals surface area (Å²) in [5.41, 5.74) is 0.852. The average molecular weight is 311 g/mol. The molecule has 0 aliphatic heterocycles. The van der Waals surface area contributed by atoms with Crippen LogP contribution in [-0.4, -0.2) is 34.0 Å². The van der Waals surface area contributed by atoms with Crippen molar-refractivity contribution in [2.45, 2.75) is 36.6 Å². The summed E-state index contributed by atoms with van der Waals surface area (Å²) in [7, 11) is -1.73. The van der Waals surface area contributed by atoms with Gasteiger partial charge in [0, 0.05) is 31.7 Å². The fourth-order valence-corrected chi connectivity index (χ4v) is 2.94. The van der Waals surface area contributed by atoms with E-state index in [-0.39, 0.29) is 17.3 Å². The molecule has 1 fully saturated rings. The quantitative estimate of drug-likeness (QED) is 0.627. The summed E-state index contributed by atoms with van der Waals surface area (Å²) in [6.07, 6.45) is 2.95. The van der Waals surface area contributed by atoms with Crippen LogP contribution in [0.25, 0.3) is 0 Å². The van der Waals surface area contributed by atoms with Crippen LogP contribution in [0.15, 0.2) is 29.2 Å². The lowest BCUT2D eigenvalue weighted by atomic mass is 10.3. The molecule has 1 aromatic carbocycles. The molecule has 1 aliphatic carbocycles. The summed E-state index contributed by atoms with van der Waals surface area (Å²) in [6.45, 7) is 0.258. The fraction of sp³-hybridized carbons (Fsp3) is 0.500. The number of benzene rings is 1. The maximum absolute atomic E-state index is 12.0. The van der Waals surface area contributed by atoms with Crippen LogP contribution in [0.5, 0.6) is 0 Å². The van der Waals surface area contributed by atoms with Crippen molar-refractivity contribution in [3.8, 4) is 0 Å². The summed E-state index contributed by atoms with van der Waals surface area (Å²) in [5, 5.41) is 5.80. The maximum Gasteiger partial charge on any atom is 0.240 e. The second-order valence-corrected chi connectivity index (χ2v) is 6.88.